The summed E-state index contributed by atoms with van der Waals surface area (Å²) in [7, 11) is 1.56. The fourth-order valence-electron chi connectivity index (χ4n) is 3.40. The first-order valence-corrected chi connectivity index (χ1v) is 9.73. The molecule has 0 aliphatic carbocycles. The average Bonchev–Trinajstić information content (AvgIpc) is 3.24. The Morgan fingerprint density at radius 2 is 2.19 bits per heavy atom. The summed E-state index contributed by atoms with van der Waals surface area (Å²) in [6.07, 6.45) is 2.35. The van der Waals surface area contributed by atoms with Gasteiger partial charge in [0.15, 0.2) is 5.13 Å². The molecule has 2 N–H and O–H groups in total. The van der Waals surface area contributed by atoms with Gasteiger partial charge in [0.05, 0.1) is 49.1 Å². The Balaban J connectivity index is 1.61. The van der Waals surface area contributed by atoms with Gasteiger partial charge in [-0.1, -0.05) is 11.3 Å². The molecule has 0 bridgehead atoms. The number of nitrogens with one attached hydrogen (secondary N) is 1. The van der Waals surface area contributed by atoms with Gasteiger partial charge in [-0.2, -0.15) is 0 Å². The smallest absolute Gasteiger partial charge is 0.323 e. The van der Waals surface area contributed by atoms with Gasteiger partial charge in [0.25, 0.3) is 0 Å². The average molecular weight is 393 g/mol. The summed E-state index contributed by atoms with van der Waals surface area (Å²) in [5.41, 5.74) is 0.771. The molecule has 27 heavy (non-hydrogen) atoms. The first-order valence-electron chi connectivity index (χ1n) is 8.91. The van der Waals surface area contributed by atoms with E-state index in [9.17, 15) is 9.90 Å². The lowest BCUT2D eigenvalue weighted by Gasteiger charge is -2.28. The van der Waals surface area contributed by atoms with E-state index in [1.807, 2.05) is 0 Å². The molecule has 146 valence electrons. The van der Waals surface area contributed by atoms with Gasteiger partial charge in [0.1, 0.15) is 5.52 Å². The standard InChI is InChI=1S/C17H23N5O4S/c1-17(24)3-4-22(10-17)16(23)20-15-19-12-13(27-15)11(9-18-14(12)25-2)21-5-7-26-8-6-21/h9,24H,3-8,10H2,1-2H3,(H,19,20,23). The first-order chi connectivity index (χ1) is 13.0. The molecule has 1 atom stereocenters. The molecule has 0 radical (unpaired) electrons. The minimum atomic E-state index is -0.832. The summed E-state index contributed by atoms with van der Waals surface area (Å²) in [4.78, 5) is 25.2. The molecular weight excluding hydrogens is 370 g/mol. The third-order valence-corrected chi connectivity index (χ3v) is 5.86. The van der Waals surface area contributed by atoms with Crippen molar-refractivity contribution >= 4 is 38.4 Å². The number of morpholine rings is 1. The third kappa shape index (κ3) is 3.64. The van der Waals surface area contributed by atoms with E-state index in [4.69, 9.17) is 9.47 Å². The fraction of sp³-hybridized carbons (Fsp3) is 0.588. The van der Waals surface area contributed by atoms with Crippen LogP contribution < -0.4 is 15.0 Å². The number of anilines is 2. The van der Waals surface area contributed by atoms with Gasteiger partial charge in [-0.15, -0.1) is 0 Å². The number of hydrogen-bond acceptors (Lipinski definition) is 8. The van der Waals surface area contributed by atoms with Crippen molar-refractivity contribution in [3.63, 3.8) is 0 Å². The minimum Gasteiger partial charge on any atom is -0.479 e. The number of hydrogen-bond donors (Lipinski definition) is 2. The van der Waals surface area contributed by atoms with Crippen LogP contribution in [0.15, 0.2) is 6.20 Å². The molecule has 10 heteroatoms. The molecule has 2 fully saturated rings. The molecule has 0 saturated carbocycles. The van der Waals surface area contributed by atoms with Crippen LogP contribution in [0.25, 0.3) is 10.2 Å². The highest BCUT2D eigenvalue weighted by atomic mass is 32.1. The van der Waals surface area contributed by atoms with Crippen molar-refractivity contribution in [2.75, 3.05) is 56.7 Å². The minimum absolute atomic E-state index is 0.258. The summed E-state index contributed by atoms with van der Waals surface area (Å²) >= 11 is 1.40. The Bertz CT molecular complexity index is 849. The number of nitrogens with zero attached hydrogens (tertiary/aromatic N) is 4. The van der Waals surface area contributed by atoms with E-state index >= 15 is 0 Å². The molecule has 4 rings (SSSR count). The predicted octanol–water partition coefficient (Wildman–Crippen LogP) is 1.53. The lowest BCUT2D eigenvalue weighted by atomic mass is 10.1. The number of carbonyl (C=O) groups is 1. The Kier molecular flexibility index (Phi) is 4.79. The second-order valence-corrected chi connectivity index (χ2v) is 8.05. The number of pyridine rings is 1. The van der Waals surface area contributed by atoms with Crippen molar-refractivity contribution in [1.29, 1.82) is 0 Å². The van der Waals surface area contributed by atoms with E-state index < -0.39 is 5.60 Å². The normalized spacial score (nSPS) is 23.1. The van der Waals surface area contributed by atoms with Crippen molar-refractivity contribution in [2.24, 2.45) is 0 Å². The van der Waals surface area contributed by atoms with Crippen LogP contribution in [0.4, 0.5) is 15.6 Å². The van der Waals surface area contributed by atoms with Gasteiger partial charge in [0.2, 0.25) is 5.88 Å². The molecule has 4 heterocycles. The number of methoxy groups -OCH3 is 1. The Morgan fingerprint density at radius 1 is 1.41 bits per heavy atom. The number of β-amino-alcohol motifs (C(OH)–C–C–N with tert-alkyl or cyclic N) is 1. The number of fused-ring (bicyclic) bond motifs is 1. The van der Waals surface area contributed by atoms with E-state index in [0.717, 1.165) is 23.5 Å². The zero-order valence-electron chi connectivity index (χ0n) is 15.4. The van der Waals surface area contributed by atoms with E-state index in [2.05, 4.69) is 20.2 Å². The highest BCUT2D eigenvalue weighted by Crippen LogP contribution is 2.38. The predicted molar refractivity (Wildman–Crippen MR) is 103 cm³/mol. The highest BCUT2D eigenvalue weighted by molar-refractivity contribution is 7.23. The zero-order valence-corrected chi connectivity index (χ0v) is 16.2. The summed E-state index contributed by atoms with van der Waals surface area (Å²) in [6, 6.07) is -0.258. The second-order valence-electron chi connectivity index (χ2n) is 7.05. The van der Waals surface area contributed by atoms with E-state index in [1.54, 1.807) is 25.1 Å². The largest absolute Gasteiger partial charge is 0.479 e. The van der Waals surface area contributed by atoms with Crippen LogP contribution in [0.2, 0.25) is 0 Å². The third-order valence-electron chi connectivity index (χ3n) is 4.86. The molecule has 0 aromatic carbocycles. The lowest BCUT2D eigenvalue weighted by Crippen LogP contribution is -2.36. The van der Waals surface area contributed by atoms with Crippen molar-refractivity contribution in [3.8, 4) is 5.88 Å². The molecule has 1 unspecified atom stereocenters. The number of rotatable bonds is 3. The fourth-order valence-corrected chi connectivity index (χ4v) is 4.38. The molecule has 2 aromatic rings. The molecule has 2 saturated heterocycles. The molecular formula is C17H23N5O4S. The summed E-state index contributed by atoms with van der Waals surface area (Å²) in [6.45, 7) is 5.48. The van der Waals surface area contributed by atoms with Crippen molar-refractivity contribution in [1.82, 2.24) is 14.9 Å². The van der Waals surface area contributed by atoms with Gasteiger partial charge < -0.3 is 24.4 Å². The highest BCUT2D eigenvalue weighted by Gasteiger charge is 2.34. The Labute approximate surface area is 160 Å². The number of aromatic nitrogens is 2. The molecule has 2 amide bonds. The van der Waals surface area contributed by atoms with Crippen LogP contribution in [0.3, 0.4) is 0 Å². The SMILES string of the molecule is COc1ncc(N2CCOCC2)c2sc(NC(=O)N3CCC(C)(O)C3)nc12. The number of carbonyl (C=O) groups excluding carboxylic acids is 1. The van der Waals surface area contributed by atoms with Gasteiger partial charge in [-0.25, -0.2) is 14.8 Å². The van der Waals surface area contributed by atoms with Crippen LogP contribution in [0.5, 0.6) is 5.88 Å². The number of urea groups is 1. The Morgan fingerprint density at radius 3 is 2.85 bits per heavy atom. The van der Waals surface area contributed by atoms with E-state index in [0.29, 0.717) is 49.3 Å². The van der Waals surface area contributed by atoms with Crippen LogP contribution >= 0.6 is 11.3 Å². The van der Waals surface area contributed by atoms with Crippen molar-refractivity contribution in [3.05, 3.63) is 6.20 Å². The Hall–Kier alpha value is -2.17. The van der Waals surface area contributed by atoms with E-state index in [-0.39, 0.29) is 6.03 Å². The van der Waals surface area contributed by atoms with Crippen LogP contribution in [-0.4, -0.2) is 78.1 Å². The summed E-state index contributed by atoms with van der Waals surface area (Å²) in [5.74, 6) is 0.433. The monoisotopic (exact) mass is 393 g/mol. The second kappa shape index (κ2) is 7.10. The molecule has 0 spiro atoms. The lowest BCUT2D eigenvalue weighted by molar-refractivity contribution is 0.0727. The quantitative estimate of drug-likeness (QED) is 0.816. The molecule has 2 aromatic heterocycles. The molecule has 9 nitrogen and oxygen atoms in total. The number of thiazole rings is 1. The summed E-state index contributed by atoms with van der Waals surface area (Å²) in [5, 5.41) is 13.4. The van der Waals surface area contributed by atoms with Crippen LogP contribution in [0.1, 0.15) is 13.3 Å². The summed E-state index contributed by atoms with van der Waals surface area (Å²) < 4.78 is 11.7. The van der Waals surface area contributed by atoms with Crippen LogP contribution in [-0.2, 0) is 4.74 Å². The maximum Gasteiger partial charge on any atom is 0.323 e. The van der Waals surface area contributed by atoms with Crippen molar-refractivity contribution < 1.29 is 19.4 Å². The van der Waals surface area contributed by atoms with Gasteiger partial charge >= 0.3 is 6.03 Å². The van der Waals surface area contributed by atoms with Gasteiger partial charge in [-0.05, 0) is 13.3 Å². The number of amides is 2. The first kappa shape index (κ1) is 18.2. The molecule has 2 aliphatic heterocycles. The number of aliphatic hydroxyl groups is 1. The van der Waals surface area contributed by atoms with Crippen molar-refractivity contribution in [2.45, 2.75) is 18.9 Å². The maximum absolute atomic E-state index is 12.5. The topological polar surface area (TPSA) is 100 Å². The maximum atomic E-state index is 12.5. The number of likely N-dealkylation sites (tertiary alicyclic amines) is 1. The number of ether oxygens (including phenoxy) is 2. The van der Waals surface area contributed by atoms with E-state index in [1.165, 1.54) is 11.3 Å². The van der Waals surface area contributed by atoms with Gasteiger partial charge in [0, 0.05) is 19.6 Å². The van der Waals surface area contributed by atoms with Crippen LogP contribution in [0, 0.1) is 0 Å². The van der Waals surface area contributed by atoms with Gasteiger partial charge in [-0.3, -0.25) is 5.32 Å². The molecule has 2 aliphatic rings. The zero-order chi connectivity index (χ0) is 19.0.